The van der Waals surface area contributed by atoms with Crippen LogP contribution in [0.25, 0.3) is 0 Å². The van der Waals surface area contributed by atoms with Crippen molar-refractivity contribution in [3.63, 3.8) is 0 Å². The van der Waals surface area contributed by atoms with Gasteiger partial charge in [0.05, 0.1) is 18.6 Å². The van der Waals surface area contributed by atoms with Gasteiger partial charge < -0.3 is 14.8 Å². The molecular formula is C9H12F2N4O4. The Kier molecular flexibility index (Phi) is 5.79. The van der Waals surface area contributed by atoms with Crippen LogP contribution in [0.15, 0.2) is 6.33 Å². The van der Waals surface area contributed by atoms with E-state index in [1.807, 2.05) is 0 Å². The van der Waals surface area contributed by atoms with Crippen LogP contribution in [-0.2, 0) is 4.74 Å². The van der Waals surface area contributed by atoms with Crippen LogP contribution in [0.3, 0.4) is 0 Å². The summed E-state index contributed by atoms with van der Waals surface area (Å²) in [6, 6.07) is 0. The molecule has 10 heteroatoms. The normalized spacial score (nSPS) is 10.5. The number of methoxy groups -OCH3 is 1. The number of alkyl halides is 2. The molecule has 19 heavy (non-hydrogen) atoms. The molecule has 1 heterocycles. The molecule has 0 saturated heterocycles. The van der Waals surface area contributed by atoms with Crippen molar-refractivity contribution in [1.82, 2.24) is 9.97 Å². The lowest BCUT2D eigenvalue weighted by molar-refractivity contribution is -0.385. The van der Waals surface area contributed by atoms with Crippen molar-refractivity contribution in [2.75, 3.05) is 32.2 Å². The summed E-state index contributed by atoms with van der Waals surface area (Å²) < 4.78 is 32.9. The molecule has 0 aliphatic carbocycles. The number of rotatable bonds is 8. The summed E-state index contributed by atoms with van der Waals surface area (Å²) in [5, 5.41) is 13.5. The third-order valence-electron chi connectivity index (χ3n) is 1.95. The molecule has 0 atom stereocenters. The molecule has 106 valence electrons. The molecule has 0 aliphatic heterocycles. The highest BCUT2D eigenvalue weighted by Gasteiger charge is 2.23. The van der Waals surface area contributed by atoms with Crippen molar-refractivity contribution in [1.29, 1.82) is 0 Å². The Bertz CT molecular complexity index is 433. The predicted molar refractivity (Wildman–Crippen MR) is 60.6 cm³/mol. The Labute approximate surface area is 106 Å². The fourth-order valence-corrected chi connectivity index (χ4v) is 1.22. The van der Waals surface area contributed by atoms with Crippen molar-refractivity contribution in [3.05, 3.63) is 16.4 Å². The largest absolute Gasteiger partial charge is 0.476 e. The van der Waals surface area contributed by atoms with Crippen LogP contribution in [0.2, 0.25) is 0 Å². The second kappa shape index (κ2) is 7.36. The Hall–Kier alpha value is -2.10. The van der Waals surface area contributed by atoms with Crippen molar-refractivity contribution >= 4 is 11.5 Å². The van der Waals surface area contributed by atoms with E-state index in [0.29, 0.717) is 0 Å². The van der Waals surface area contributed by atoms with Crippen molar-refractivity contribution in [2.24, 2.45) is 0 Å². The van der Waals surface area contributed by atoms with Gasteiger partial charge >= 0.3 is 5.69 Å². The van der Waals surface area contributed by atoms with Crippen LogP contribution in [0.5, 0.6) is 5.88 Å². The smallest absolute Gasteiger partial charge is 0.372 e. The van der Waals surface area contributed by atoms with E-state index in [4.69, 9.17) is 4.74 Å². The number of hydrogen-bond acceptors (Lipinski definition) is 7. The van der Waals surface area contributed by atoms with Gasteiger partial charge in [0.15, 0.2) is 0 Å². The number of hydrogen-bond donors (Lipinski definition) is 1. The standard InChI is InChI=1S/C9H12F2N4O4/c1-18-9-7(15(16)17)8(13-5-14-9)12-2-3-19-4-6(10)11/h5-6H,2-4H2,1H3,(H,12,13,14). The van der Waals surface area contributed by atoms with Gasteiger partial charge in [-0.25, -0.2) is 13.8 Å². The number of nitrogens with one attached hydrogen (secondary N) is 1. The molecule has 0 bridgehead atoms. The molecule has 0 unspecified atom stereocenters. The monoisotopic (exact) mass is 278 g/mol. The maximum atomic E-state index is 11.8. The van der Waals surface area contributed by atoms with Crippen LogP contribution >= 0.6 is 0 Å². The number of halogens is 2. The van der Waals surface area contributed by atoms with Gasteiger partial charge in [0, 0.05) is 6.54 Å². The Morgan fingerprint density at radius 2 is 2.26 bits per heavy atom. The van der Waals surface area contributed by atoms with E-state index in [1.165, 1.54) is 7.11 Å². The van der Waals surface area contributed by atoms with Gasteiger partial charge in [0.1, 0.15) is 12.9 Å². The fourth-order valence-electron chi connectivity index (χ4n) is 1.22. The zero-order valence-corrected chi connectivity index (χ0v) is 10.0. The number of anilines is 1. The zero-order valence-electron chi connectivity index (χ0n) is 10.0. The van der Waals surface area contributed by atoms with Crippen molar-refractivity contribution < 1.29 is 23.2 Å². The van der Waals surface area contributed by atoms with E-state index in [-0.39, 0.29) is 24.8 Å². The van der Waals surface area contributed by atoms with Gasteiger partial charge in [-0.2, -0.15) is 4.98 Å². The zero-order chi connectivity index (χ0) is 14.3. The van der Waals surface area contributed by atoms with E-state index in [0.717, 1.165) is 6.33 Å². The highest BCUT2D eigenvalue weighted by molar-refractivity contribution is 5.60. The second-order valence-corrected chi connectivity index (χ2v) is 3.23. The van der Waals surface area contributed by atoms with Gasteiger partial charge in [-0.1, -0.05) is 0 Å². The highest BCUT2D eigenvalue weighted by Crippen LogP contribution is 2.29. The SMILES string of the molecule is COc1ncnc(NCCOCC(F)F)c1[N+](=O)[O-]. The van der Waals surface area contributed by atoms with Crippen LogP contribution in [0.4, 0.5) is 20.3 Å². The van der Waals surface area contributed by atoms with Crippen molar-refractivity contribution in [3.8, 4) is 5.88 Å². The molecular weight excluding hydrogens is 266 g/mol. The van der Waals surface area contributed by atoms with Crippen LogP contribution < -0.4 is 10.1 Å². The van der Waals surface area contributed by atoms with Gasteiger partial charge in [-0.3, -0.25) is 10.1 Å². The predicted octanol–water partition coefficient (Wildman–Crippen LogP) is 1.09. The summed E-state index contributed by atoms with van der Waals surface area (Å²) in [6.07, 6.45) is -1.46. The number of nitrogens with zero attached hydrogens (tertiary/aromatic N) is 3. The lowest BCUT2D eigenvalue weighted by Crippen LogP contribution is -2.15. The summed E-state index contributed by atoms with van der Waals surface area (Å²) in [4.78, 5) is 17.5. The summed E-state index contributed by atoms with van der Waals surface area (Å²) in [5.74, 6) is -0.242. The van der Waals surface area contributed by atoms with Gasteiger partial charge in [-0.15, -0.1) is 0 Å². The fraction of sp³-hybridized carbons (Fsp3) is 0.556. The molecule has 0 fully saturated rings. The lowest BCUT2D eigenvalue weighted by atomic mass is 10.4. The molecule has 1 aromatic rings. The van der Waals surface area contributed by atoms with Crippen LogP contribution in [0.1, 0.15) is 0 Å². The highest BCUT2D eigenvalue weighted by atomic mass is 19.3. The summed E-state index contributed by atoms with van der Waals surface area (Å²) in [7, 11) is 1.24. The molecule has 1 rings (SSSR count). The number of ether oxygens (including phenoxy) is 2. The topological polar surface area (TPSA) is 99.4 Å². The Morgan fingerprint density at radius 1 is 1.53 bits per heavy atom. The van der Waals surface area contributed by atoms with Crippen LogP contribution in [0, 0.1) is 10.1 Å². The van der Waals surface area contributed by atoms with Gasteiger partial charge in [-0.05, 0) is 0 Å². The van der Waals surface area contributed by atoms with E-state index in [9.17, 15) is 18.9 Å². The maximum absolute atomic E-state index is 11.8. The molecule has 0 radical (unpaired) electrons. The first-order chi connectivity index (χ1) is 9.06. The Morgan fingerprint density at radius 3 is 2.84 bits per heavy atom. The average molecular weight is 278 g/mol. The van der Waals surface area contributed by atoms with E-state index in [2.05, 4.69) is 20.0 Å². The van der Waals surface area contributed by atoms with E-state index >= 15 is 0 Å². The summed E-state index contributed by atoms with van der Waals surface area (Å²) in [5.41, 5.74) is -0.418. The molecule has 8 nitrogen and oxygen atoms in total. The minimum absolute atomic E-state index is 0.0339. The summed E-state index contributed by atoms with van der Waals surface area (Å²) in [6.45, 7) is -0.627. The third kappa shape index (κ3) is 4.58. The van der Waals surface area contributed by atoms with E-state index in [1.54, 1.807) is 0 Å². The molecule has 0 aliphatic rings. The molecule has 0 spiro atoms. The van der Waals surface area contributed by atoms with Crippen molar-refractivity contribution in [2.45, 2.75) is 6.43 Å². The quantitative estimate of drug-likeness (QED) is 0.431. The summed E-state index contributed by atoms with van der Waals surface area (Å²) >= 11 is 0. The third-order valence-corrected chi connectivity index (χ3v) is 1.95. The van der Waals surface area contributed by atoms with Crippen LogP contribution in [-0.4, -0.2) is 48.2 Å². The average Bonchev–Trinajstić information content (AvgIpc) is 2.37. The lowest BCUT2D eigenvalue weighted by Gasteiger charge is -2.08. The minimum Gasteiger partial charge on any atom is -0.476 e. The first-order valence-electron chi connectivity index (χ1n) is 5.19. The van der Waals surface area contributed by atoms with Gasteiger partial charge in [0.2, 0.25) is 5.82 Å². The van der Waals surface area contributed by atoms with Gasteiger partial charge in [0.25, 0.3) is 12.3 Å². The second-order valence-electron chi connectivity index (χ2n) is 3.23. The molecule has 1 aromatic heterocycles. The van der Waals surface area contributed by atoms with E-state index < -0.39 is 23.6 Å². The molecule has 0 saturated carbocycles. The minimum atomic E-state index is -2.55. The first-order valence-corrected chi connectivity index (χ1v) is 5.19. The molecule has 0 amide bonds. The molecule has 0 aromatic carbocycles. The first kappa shape index (κ1) is 15.0. The molecule has 1 N–H and O–H groups in total. The number of aromatic nitrogens is 2. The maximum Gasteiger partial charge on any atom is 0.372 e. The number of nitro groups is 1. The Balaban J connectivity index is 2.60.